The molecule has 0 radical (unpaired) electrons. The zero-order valence-electron chi connectivity index (χ0n) is 11.4. The molecule has 1 aliphatic rings. The van der Waals surface area contributed by atoms with Gasteiger partial charge in [0, 0.05) is 19.3 Å². The molecule has 0 aromatic carbocycles. The molecule has 12 heteroatoms. The molecule has 1 aliphatic heterocycles. The lowest BCUT2D eigenvalue weighted by molar-refractivity contribution is -0.0516. The number of aliphatic hydroxyl groups is 2. The molecule has 5 N–H and O–H groups in total. The molecule has 1 aromatic rings. The van der Waals surface area contributed by atoms with E-state index in [-0.39, 0.29) is 5.95 Å². The fraction of sp³-hybridized carbons (Fsp3) is 0.600. The first-order chi connectivity index (χ1) is 10.2. The van der Waals surface area contributed by atoms with E-state index < -0.39 is 44.5 Å². The van der Waals surface area contributed by atoms with Gasteiger partial charge in [0.05, 0.1) is 6.61 Å². The third-order valence-corrected chi connectivity index (χ3v) is 3.57. The molecule has 0 spiro atoms. The van der Waals surface area contributed by atoms with Crippen LogP contribution in [-0.2, 0) is 13.8 Å². The molecular formula is C10H16N3O8P. The topological polar surface area (TPSA) is 163 Å². The summed E-state index contributed by atoms with van der Waals surface area (Å²) in [6, 6.07) is 1.14. The third kappa shape index (κ3) is 3.70. The highest BCUT2D eigenvalue weighted by atomic mass is 31.2. The SMILES string of the molecule is CNc1nc(=O)ccn1[C@@H]1O[C@H](COP(=O)(O)O)[C@@H](O)[C@H]1O. The Morgan fingerprint density at radius 2 is 2.14 bits per heavy atom. The van der Waals surface area contributed by atoms with Crippen LogP contribution in [0.5, 0.6) is 0 Å². The van der Waals surface area contributed by atoms with Crippen LogP contribution in [-0.4, -0.2) is 61.5 Å². The maximum Gasteiger partial charge on any atom is 0.469 e. The minimum Gasteiger partial charge on any atom is -0.387 e. The molecule has 0 bridgehead atoms. The molecule has 11 nitrogen and oxygen atoms in total. The Morgan fingerprint density at radius 3 is 2.73 bits per heavy atom. The van der Waals surface area contributed by atoms with Crippen LogP contribution in [0.15, 0.2) is 17.1 Å². The highest BCUT2D eigenvalue weighted by Gasteiger charge is 2.44. The number of anilines is 1. The summed E-state index contributed by atoms with van der Waals surface area (Å²) in [5.41, 5.74) is -0.505. The first-order valence-electron chi connectivity index (χ1n) is 6.21. The number of ether oxygens (including phenoxy) is 1. The molecular weight excluding hydrogens is 321 g/mol. The van der Waals surface area contributed by atoms with E-state index in [1.165, 1.54) is 17.8 Å². The zero-order valence-corrected chi connectivity index (χ0v) is 12.3. The predicted molar refractivity (Wildman–Crippen MR) is 72.0 cm³/mol. The van der Waals surface area contributed by atoms with Gasteiger partial charge in [-0.25, -0.2) is 4.57 Å². The molecule has 22 heavy (non-hydrogen) atoms. The Labute approximate surface area is 124 Å². The zero-order chi connectivity index (χ0) is 16.5. The van der Waals surface area contributed by atoms with Gasteiger partial charge >= 0.3 is 7.82 Å². The van der Waals surface area contributed by atoms with Gasteiger partial charge in [0.1, 0.15) is 18.3 Å². The second kappa shape index (κ2) is 6.42. The molecule has 2 heterocycles. The summed E-state index contributed by atoms with van der Waals surface area (Å²) in [4.78, 5) is 32.2. The normalized spacial score (nSPS) is 28.8. The molecule has 1 aromatic heterocycles. The molecule has 2 rings (SSSR count). The van der Waals surface area contributed by atoms with Crippen molar-refractivity contribution >= 4 is 13.8 Å². The summed E-state index contributed by atoms with van der Waals surface area (Å²) in [6.07, 6.45) is -3.77. The fourth-order valence-electron chi connectivity index (χ4n) is 2.07. The largest absolute Gasteiger partial charge is 0.469 e. The first kappa shape index (κ1) is 17.0. The van der Waals surface area contributed by atoms with Crippen LogP contribution in [0.2, 0.25) is 0 Å². The Hall–Kier alpha value is -1.33. The number of hydrogen-bond donors (Lipinski definition) is 5. The van der Waals surface area contributed by atoms with Crippen LogP contribution in [0.3, 0.4) is 0 Å². The van der Waals surface area contributed by atoms with Crippen molar-refractivity contribution in [3.05, 3.63) is 22.6 Å². The average Bonchev–Trinajstić information content (AvgIpc) is 2.72. The fourth-order valence-corrected chi connectivity index (χ4v) is 2.41. The van der Waals surface area contributed by atoms with Gasteiger partial charge in [-0.3, -0.25) is 13.9 Å². The summed E-state index contributed by atoms with van der Waals surface area (Å²) in [6.45, 7) is -0.610. The van der Waals surface area contributed by atoms with Crippen LogP contribution in [0.1, 0.15) is 6.23 Å². The Morgan fingerprint density at radius 1 is 1.45 bits per heavy atom. The number of phosphoric acid groups is 1. The van der Waals surface area contributed by atoms with E-state index >= 15 is 0 Å². The van der Waals surface area contributed by atoms with Gasteiger partial charge in [0.25, 0.3) is 5.56 Å². The minimum absolute atomic E-state index is 0.0975. The van der Waals surface area contributed by atoms with Gasteiger partial charge in [-0.05, 0) is 0 Å². The van der Waals surface area contributed by atoms with Gasteiger partial charge < -0.3 is 30.1 Å². The molecule has 4 atom stereocenters. The number of aromatic nitrogens is 2. The Bertz CT molecular complexity index is 631. The maximum atomic E-state index is 11.2. The number of nitrogens with one attached hydrogen (secondary N) is 1. The molecule has 124 valence electrons. The first-order valence-corrected chi connectivity index (χ1v) is 7.74. The van der Waals surface area contributed by atoms with Crippen molar-refractivity contribution < 1.29 is 33.8 Å². The van der Waals surface area contributed by atoms with Gasteiger partial charge in [0.15, 0.2) is 6.23 Å². The minimum atomic E-state index is -4.72. The highest BCUT2D eigenvalue weighted by Crippen LogP contribution is 2.38. The van der Waals surface area contributed by atoms with Crippen LogP contribution in [0.25, 0.3) is 0 Å². The van der Waals surface area contributed by atoms with Crippen molar-refractivity contribution in [3.63, 3.8) is 0 Å². The van der Waals surface area contributed by atoms with Crippen molar-refractivity contribution in [2.45, 2.75) is 24.5 Å². The number of phosphoric ester groups is 1. The van der Waals surface area contributed by atoms with E-state index in [0.29, 0.717) is 0 Å². The monoisotopic (exact) mass is 337 g/mol. The second-order valence-electron chi connectivity index (χ2n) is 4.58. The van der Waals surface area contributed by atoms with E-state index in [9.17, 15) is 19.6 Å². The van der Waals surface area contributed by atoms with Crippen LogP contribution >= 0.6 is 7.82 Å². The van der Waals surface area contributed by atoms with Gasteiger partial charge in [0.2, 0.25) is 5.95 Å². The molecule has 1 saturated heterocycles. The molecule has 0 amide bonds. The predicted octanol–water partition coefficient (Wildman–Crippen LogP) is -1.99. The summed E-state index contributed by atoms with van der Waals surface area (Å²) >= 11 is 0. The van der Waals surface area contributed by atoms with Gasteiger partial charge in [-0.2, -0.15) is 4.98 Å². The number of nitrogens with zero attached hydrogens (tertiary/aromatic N) is 2. The number of rotatable bonds is 5. The quantitative estimate of drug-likeness (QED) is 0.380. The van der Waals surface area contributed by atoms with E-state index in [4.69, 9.17) is 14.5 Å². The highest BCUT2D eigenvalue weighted by molar-refractivity contribution is 7.46. The summed E-state index contributed by atoms with van der Waals surface area (Å²) in [7, 11) is -3.22. The van der Waals surface area contributed by atoms with E-state index in [0.717, 1.165) is 6.07 Å². The van der Waals surface area contributed by atoms with Crippen LogP contribution < -0.4 is 10.9 Å². The second-order valence-corrected chi connectivity index (χ2v) is 5.82. The third-order valence-electron chi connectivity index (χ3n) is 3.08. The van der Waals surface area contributed by atoms with Crippen LogP contribution in [0.4, 0.5) is 5.95 Å². The van der Waals surface area contributed by atoms with E-state index in [2.05, 4.69) is 14.8 Å². The van der Waals surface area contributed by atoms with Crippen molar-refractivity contribution in [1.82, 2.24) is 9.55 Å². The van der Waals surface area contributed by atoms with Gasteiger partial charge in [-0.15, -0.1) is 0 Å². The van der Waals surface area contributed by atoms with Crippen molar-refractivity contribution in [2.75, 3.05) is 19.0 Å². The summed E-state index contributed by atoms with van der Waals surface area (Å²) in [5, 5.41) is 22.5. The Balaban J connectivity index is 2.19. The standard InChI is InChI=1S/C10H16N3O8P/c1-11-10-12-6(14)2-3-13(10)9-8(16)7(15)5(21-9)4-20-22(17,18)19/h2-3,5,7-9,15-16H,4H2,1H3,(H,11,12,14)(H2,17,18,19)/t5-,7-,8-,9-/m1/s1. The van der Waals surface area contributed by atoms with Crippen LogP contribution in [0, 0.1) is 0 Å². The summed E-state index contributed by atoms with van der Waals surface area (Å²) in [5.74, 6) is 0.0975. The number of aliphatic hydroxyl groups excluding tert-OH is 2. The van der Waals surface area contributed by atoms with E-state index in [1.807, 2.05) is 0 Å². The van der Waals surface area contributed by atoms with Crippen molar-refractivity contribution in [1.29, 1.82) is 0 Å². The maximum absolute atomic E-state index is 11.2. The molecule has 1 fully saturated rings. The molecule has 0 unspecified atom stereocenters. The van der Waals surface area contributed by atoms with Crippen molar-refractivity contribution in [3.8, 4) is 0 Å². The lowest BCUT2D eigenvalue weighted by atomic mass is 10.1. The van der Waals surface area contributed by atoms with Gasteiger partial charge in [-0.1, -0.05) is 0 Å². The molecule has 0 saturated carbocycles. The number of hydrogen-bond acceptors (Lipinski definition) is 8. The summed E-state index contributed by atoms with van der Waals surface area (Å²) < 4.78 is 21.6. The average molecular weight is 337 g/mol. The lowest BCUT2D eigenvalue weighted by Crippen LogP contribution is -2.34. The van der Waals surface area contributed by atoms with E-state index in [1.54, 1.807) is 0 Å². The van der Waals surface area contributed by atoms with Crippen molar-refractivity contribution in [2.24, 2.45) is 0 Å². The Kier molecular flexibility index (Phi) is 4.97. The molecule has 0 aliphatic carbocycles. The lowest BCUT2D eigenvalue weighted by Gasteiger charge is -2.20. The smallest absolute Gasteiger partial charge is 0.387 e.